The van der Waals surface area contributed by atoms with Crippen LogP contribution in [-0.4, -0.2) is 50.2 Å². The highest BCUT2D eigenvalue weighted by Gasteiger charge is 2.52. The van der Waals surface area contributed by atoms with Gasteiger partial charge in [0.05, 0.1) is 17.9 Å². The Morgan fingerprint density at radius 1 is 1.16 bits per heavy atom. The maximum absolute atomic E-state index is 13.9. The standard InChI is InChI=1S/C29H33N5O4/c1-21(8-5-6-15-32-20-23(14-17-35)30-31-32)29(38)25-18-24(33-16-7-11-27(33)36)12-13-26(25)34(28(29)37)19-22-9-3-2-4-10-22/h2-5,8-10,12-13,18,20-21,35,38H,6-7,11,14-17,19H2,1H3/b8-5+/t21-,29+/m0/s1. The van der Waals surface area contributed by atoms with E-state index in [-0.39, 0.29) is 18.4 Å². The molecular weight excluding hydrogens is 482 g/mol. The second-order valence-electron chi connectivity index (χ2n) is 9.95. The maximum Gasteiger partial charge on any atom is 0.264 e. The predicted molar refractivity (Wildman–Crippen MR) is 143 cm³/mol. The number of aryl methyl sites for hydroxylation is 1. The van der Waals surface area contributed by atoms with Gasteiger partial charge in [-0.1, -0.05) is 54.6 Å². The van der Waals surface area contributed by atoms with Gasteiger partial charge in [0.2, 0.25) is 5.91 Å². The minimum absolute atomic E-state index is 0.0269. The number of carbonyl (C=O) groups excluding carboxylic acids is 2. The molecule has 0 unspecified atom stereocenters. The van der Waals surface area contributed by atoms with Crippen molar-refractivity contribution in [3.63, 3.8) is 0 Å². The summed E-state index contributed by atoms with van der Waals surface area (Å²) in [5.41, 5.74) is 1.83. The normalized spacial score (nSPS) is 20.1. The Balaban J connectivity index is 1.40. The lowest BCUT2D eigenvalue weighted by Crippen LogP contribution is -2.44. The van der Waals surface area contributed by atoms with Gasteiger partial charge in [0.25, 0.3) is 5.91 Å². The van der Waals surface area contributed by atoms with Gasteiger partial charge >= 0.3 is 0 Å². The van der Waals surface area contributed by atoms with Crippen molar-refractivity contribution in [1.82, 2.24) is 15.0 Å². The molecule has 1 fully saturated rings. The first-order valence-electron chi connectivity index (χ1n) is 13.1. The summed E-state index contributed by atoms with van der Waals surface area (Å²) >= 11 is 0. The maximum atomic E-state index is 13.9. The number of hydrogen-bond donors (Lipinski definition) is 2. The Kier molecular flexibility index (Phi) is 7.40. The second-order valence-corrected chi connectivity index (χ2v) is 9.95. The fraction of sp³-hybridized carbons (Fsp3) is 0.379. The minimum Gasteiger partial charge on any atom is -0.396 e. The van der Waals surface area contributed by atoms with Crippen molar-refractivity contribution >= 4 is 23.2 Å². The molecular formula is C29H33N5O4. The molecule has 2 amide bonds. The molecule has 0 bridgehead atoms. The quantitative estimate of drug-likeness (QED) is 0.402. The Morgan fingerprint density at radius 3 is 2.71 bits per heavy atom. The van der Waals surface area contributed by atoms with E-state index in [0.29, 0.717) is 55.8 Å². The number of aliphatic hydroxyl groups excluding tert-OH is 1. The van der Waals surface area contributed by atoms with E-state index in [1.165, 1.54) is 0 Å². The van der Waals surface area contributed by atoms with Crippen LogP contribution in [0.5, 0.6) is 0 Å². The lowest BCUT2D eigenvalue weighted by atomic mass is 9.82. The monoisotopic (exact) mass is 515 g/mol. The van der Waals surface area contributed by atoms with Crippen LogP contribution in [0, 0.1) is 5.92 Å². The highest BCUT2D eigenvalue weighted by atomic mass is 16.3. The van der Waals surface area contributed by atoms with Gasteiger partial charge in [0, 0.05) is 55.9 Å². The Labute approximate surface area is 222 Å². The Morgan fingerprint density at radius 2 is 1.97 bits per heavy atom. The number of hydrogen-bond acceptors (Lipinski definition) is 6. The van der Waals surface area contributed by atoms with Gasteiger partial charge in [-0.3, -0.25) is 14.3 Å². The average molecular weight is 516 g/mol. The van der Waals surface area contributed by atoms with Crippen molar-refractivity contribution in [3.05, 3.63) is 83.7 Å². The van der Waals surface area contributed by atoms with Crippen LogP contribution in [-0.2, 0) is 34.7 Å². The molecule has 0 spiro atoms. The molecule has 0 saturated carbocycles. The molecule has 2 atom stereocenters. The Bertz CT molecular complexity index is 1340. The zero-order valence-electron chi connectivity index (χ0n) is 21.5. The fourth-order valence-corrected chi connectivity index (χ4v) is 5.27. The predicted octanol–water partition coefficient (Wildman–Crippen LogP) is 2.96. The molecule has 1 saturated heterocycles. The van der Waals surface area contributed by atoms with E-state index in [2.05, 4.69) is 10.3 Å². The van der Waals surface area contributed by atoms with Crippen LogP contribution in [0.4, 0.5) is 11.4 Å². The highest BCUT2D eigenvalue weighted by molar-refractivity contribution is 6.08. The highest BCUT2D eigenvalue weighted by Crippen LogP contribution is 2.47. The molecule has 9 heteroatoms. The molecule has 3 heterocycles. The first-order valence-corrected chi connectivity index (χ1v) is 13.1. The van der Waals surface area contributed by atoms with Gasteiger partial charge < -0.3 is 20.0 Å². The summed E-state index contributed by atoms with van der Waals surface area (Å²) in [5.74, 6) is -0.828. The summed E-state index contributed by atoms with van der Waals surface area (Å²) in [6, 6.07) is 15.2. The van der Waals surface area contributed by atoms with Gasteiger partial charge in [0.15, 0.2) is 5.60 Å². The summed E-state index contributed by atoms with van der Waals surface area (Å²) in [6.07, 6.45) is 8.02. The number of anilines is 2. The van der Waals surface area contributed by atoms with E-state index in [9.17, 15) is 14.7 Å². The third-order valence-corrected chi connectivity index (χ3v) is 7.38. The lowest BCUT2D eigenvalue weighted by molar-refractivity contribution is -0.139. The first kappa shape index (κ1) is 25.8. The number of carbonyl (C=O) groups is 2. The van der Waals surface area contributed by atoms with Crippen molar-refractivity contribution in [2.45, 2.75) is 51.3 Å². The number of benzene rings is 2. The summed E-state index contributed by atoms with van der Waals surface area (Å²) in [5, 5.41) is 29.2. The lowest BCUT2D eigenvalue weighted by Gasteiger charge is -2.28. The van der Waals surface area contributed by atoms with Crippen molar-refractivity contribution in [1.29, 1.82) is 0 Å². The van der Waals surface area contributed by atoms with Crippen LogP contribution >= 0.6 is 0 Å². The summed E-state index contributed by atoms with van der Waals surface area (Å²) in [4.78, 5) is 29.7. The number of amides is 2. The van der Waals surface area contributed by atoms with Crippen LogP contribution in [0.3, 0.4) is 0 Å². The smallest absolute Gasteiger partial charge is 0.264 e. The zero-order valence-corrected chi connectivity index (χ0v) is 21.5. The van der Waals surface area contributed by atoms with Crippen LogP contribution in [0.2, 0.25) is 0 Å². The molecule has 0 aliphatic carbocycles. The van der Waals surface area contributed by atoms with Crippen molar-refractivity contribution < 1.29 is 19.8 Å². The number of fused-ring (bicyclic) bond motifs is 1. The molecule has 0 radical (unpaired) electrons. The third kappa shape index (κ3) is 4.87. The molecule has 9 nitrogen and oxygen atoms in total. The molecule has 2 N–H and O–H groups in total. The summed E-state index contributed by atoms with van der Waals surface area (Å²) in [6.45, 7) is 3.43. The molecule has 2 aliphatic heterocycles. The molecule has 2 aliphatic rings. The summed E-state index contributed by atoms with van der Waals surface area (Å²) in [7, 11) is 0. The van der Waals surface area contributed by atoms with E-state index in [4.69, 9.17) is 5.11 Å². The number of allylic oxidation sites excluding steroid dienone is 1. The van der Waals surface area contributed by atoms with E-state index in [1.807, 2.05) is 67.6 Å². The van der Waals surface area contributed by atoms with Gasteiger partial charge in [-0.2, -0.15) is 0 Å². The first-order chi connectivity index (χ1) is 18.4. The Hall–Kier alpha value is -3.82. The van der Waals surface area contributed by atoms with Crippen LogP contribution in [0.15, 0.2) is 66.9 Å². The summed E-state index contributed by atoms with van der Waals surface area (Å²) < 4.78 is 1.71. The number of nitrogens with zero attached hydrogens (tertiary/aromatic N) is 5. The van der Waals surface area contributed by atoms with E-state index in [1.54, 1.807) is 20.7 Å². The number of rotatable bonds is 10. The van der Waals surface area contributed by atoms with Crippen LogP contribution in [0.1, 0.15) is 43.0 Å². The number of aromatic nitrogens is 3. The molecule has 1 aromatic heterocycles. The van der Waals surface area contributed by atoms with E-state index < -0.39 is 11.5 Å². The zero-order chi connectivity index (χ0) is 26.7. The minimum atomic E-state index is -1.76. The second kappa shape index (κ2) is 10.9. The molecule has 5 rings (SSSR count). The van der Waals surface area contributed by atoms with E-state index in [0.717, 1.165) is 17.7 Å². The van der Waals surface area contributed by atoms with Gasteiger partial charge in [-0.15, -0.1) is 5.10 Å². The van der Waals surface area contributed by atoms with Crippen LogP contribution < -0.4 is 9.80 Å². The van der Waals surface area contributed by atoms with E-state index >= 15 is 0 Å². The molecule has 2 aromatic carbocycles. The topological polar surface area (TPSA) is 112 Å². The van der Waals surface area contributed by atoms with Gasteiger partial charge in [-0.25, -0.2) is 0 Å². The van der Waals surface area contributed by atoms with Crippen molar-refractivity contribution in [3.8, 4) is 0 Å². The fourth-order valence-electron chi connectivity index (χ4n) is 5.27. The third-order valence-electron chi connectivity index (χ3n) is 7.38. The molecule has 198 valence electrons. The SMILES string of the molecule is C[C@@H](/C=C/CCn1cc(CCO)nn1)[C@]1(O)C(=O)N(Cc2ccccc2)c2ccc(N3CCCC3=O)cc21. The van der Waals surface area contributed by atoms with Gasteiger partial charge in [-0.05, 0) is 36.6 Å². The number of aliphatic hydroxyl groups is 2. The van der Waals surface area contributed by atoms with Crippen molar-refractivity contribution in [2.24, 2.45) is 5.92 Å². The average Bonchev–Trinajstić information content (AvgIpc) is 3.62. The van der Waals surface area contributed by atoms with Gasteiger partial charge in [0.1, 0.15) is 0 Å². The van der Waals surface area contributed by atoms with Crippen molar-refractivity contribution in [2.75, 3.05) is 23.0 Å². The molecule has 38 heavy (non-hydrogen) atoms. The largest absolute Gasteiger partial charge is 0.396 e. The molecule has 3 aromatic rings. The van der Waals surface area contributed by atoms with Crippen LogP contribution in [0.25, 0.3) is 0 Å².